The molecule has 1 saturated heterocycles. The normalized spacial score (nSPS) is 19.7. The Morgan fingerprint density at radius 1 is 1.38 bits per heavy atom. The summed E-state index contributed by atoms with van der Waals surface area (Å²) in [7, 11) is 1.91. The number of hydrogen-bond acceptors (Lipinski definition) is 5. The van der Waals surface area contributed by atoms with Gasteiger partial charge in [0.25, 0.3) is 5.91 Å². The van der Waals surface area contributed by atoms with Gasteiger partial charge in [0.1, 0.15) is 0 Å². The molecule has 0 bridgehead atoms. The van der Waals surface area contributed by atoms with Crippen LogP contribution >= 0.6 is 0 Å². The van der Waals surface area contributed by atoms with Gasteiger partial charge in [-0.3, -0.25) is 9.89 Å². The van der Waals surface area contributed by atoms with Crippen molar-refractivity contribution in [3.05, 3.63) is 41.3 Å². The van der Waals surface area contributed by atoms with E-state index in [4.69, 9.17) is 0 Å². The molecule has 1 aliphatic rings. The zero-order valence-electron chi connectivity index (χ0n) is 16.7. The number of hydrogen-bond donors (Lipinski definition) is 3. The molecule has 29 heavy (non-hydrogen) atoms. The van der Waals surface area contributed by atoms with Crippen molar-refractivity contribution in [3.8, 4) is 17.0 Å². The zero-order chi connectivity index (χ0) is 20.7. The molecule has 0 radical (unpaired) electrons. The Bertz CT molecular complexity index is 1080. The first-order chi connectivity index (χ1) is 13.9. The number of fused-ring (bicyclic) bond motifs is 1. The molecule has 0 aliphatic carbocycles. The molecule has 3 aromatic rings. The Morgan fingerprint density at radius 3 is 2.90 bits per heavy atom. The highest BCUT2D eigenvalue weighted by molar-refractivity contribution is 6.07. The van der Waals surface area contributed by atoms with E-state index in [-0.39, 0.29) is 11.9 Å². The molecule has 3 N–H and O–H groups in total. The van der Waals surface area contributed by atoms with Crippen LogP contribution in [0.5, 0.6) is 5.75 Å². The minimum Gasteiger partial charge on any atom is -0.505 e. The summed E-state index contributed by atoms with van der Waals surface area (Å²) >= 11 is 0. The maximum atomic E-state index is 13.9. The second kappa shape index (κ2) is 7.44. The number of amides is 1. The summed E-state index contributed by atoms with van der Waals surface area (Å²) in [5.41, 5.74) is 2.58. The Hall–Kier alpha value is -3.00. The van der Waals surface area contributed by atoms with Crippen molar-refractivity contribution in [1.29, 1.82) is 0 Å². The number of carbonyl (C=O) groups excluding carboxylic acids is 1. The molecule has 0 spiro atoms. The molecule has 4 rings (SSSR count). The predicted molar refractivity (Wildman–Crippen MR) is 108 cm³/mol. The summed E-state index contributed by atoms with van der Waals surface area (Å²) in [5.74, 6) is -0.758. The molecule has 2 atom stereocenters. The molecule has 2 aromatic heterocycles. The van der Waals surface area contributed by atoms with E-state index < -0.39 is 11.6 Å². The number of phenolic OH excluding ortho intramolecular Hbond substituents is 1. The number of aromatic amines is 1. The number of rotatable bonds is 3. The smallest absolute Gasteiger partial charge is 0.254 e. The standard InChI is InChI=1S/C21H24FN5O2/c1-11-6-7-27(10-17(11)23-3)21(29)14-9-16(13-4-5-18(28)15(22)8-13)24-20-19(14)12(2)25-26-20/h4-5,8-9,11,17,23,28H,6-7,10H2,1-3H3,(H,24,25,26)/t11-,17+/m1/s1. The van der Waals surface area contributed by atoms with E-state index >= 15 is 0 Å². The minimum absolute atomic E-state index is 0.0884. The molecule has 1 amide bonds. The number of likely N-dealkylation sites (tertiary alicyclic amines) is 1. The lowest BCUT2D eigenvalue weighted by Crippen LogP contribution is -2.51. The van der Waals surface area contributed by atoms with Gasteiger partial charge in [-0.05, 0) is 50.6 Å². The van der Waals surface area contributed by atoms with Crippen LogP contribution in [0.3, 0.4) is 0 Å². The molecule has 1 aliphatic heterocycles. The number of aromatic hydroxyl groups is 1. The number of phenols is 1. The van der Waals surface area contributed by atoms with Crippen LogP contribution in [0, 0.1) is 18.7 Å². The Kier molecular flexibility index (Phi) is 4.96. The number of carbonyl (C=O) groups is 1. The summed E-state index contributed by atoms with van der Waals surface area (Å²) in [5, 5.41) is 20.5. The van der Waals surface area contributed by atoms with E-state index in [1.807, 2.05) is 18.9 Å². The second-order valence-electron chi connectivity index (χ2n) is 7.67. The van der Waals surface area contributed by atoms with Gasteiger partial charge in [-0.15, -0.1) is 0 Å². The zero-order valence-corrected chi connectivity index (χ0v) is 16.7. The third kappa shape index (κ3) is 3.44. The molecule has 1 fully saturated rings. The van der Waals surface area contributed by atoms with Crippen LogP contribution in [0.1, 0.15) is 29.4 Å². The number of nitrogens with zero attached hydrogens (tertiary/aromatic N) is 3. The quantitative estimate of drug-likeness (QED) is 0.632. The third-order valence-electron chi connectivity index (χ3n) is 5.80. The second-order valence-corrected chi connectivity index (χ2v) is 7.67. The topological polar surface area (TPSA) is 94.1 Å². The van der Waals surface area contributed by atoms with E-state index in [0.29, 0.717) is 52.6 Å². The Balaban J connectivity index is 1.79. The lowest BCUT2D eigenvalue weighted by Gasteiger charge is -2.37. The van der Waals surface area contributed by atoms with Gasteiger partial charge in [0, 0.05) is 24.7 Å². The van der Waals surface area contributed by atoms with E-state index in [0.717, 1.165) is 6.42 Å². The van der Waals surface area contributed by atoms with Crippen LogP contribution in [0.25, 0.3) is 22.3 Å². The summed E-state index contributed by atoms with van der Waals surface area (Å²) in [6, 6.07) is 5.98. The van der Waals surface area contributed by atoms with Gasteiger partial charge in [0.2, 0.25) is 0 Å². The van der Waals surface area contributed by atoms with E-state index in [1.165, 1.54) is 12.1 Å². The lowest BCUT2D eigenvalue weighted by molar-refractivity contribution is 0.0656. The fraction of sp³-hybridized carbons (Fsp3) is 0.381. The number of H-pyrrole nitrogens is 1. The molecule has 3 heterocycles. The predicted octanol–water partition coefficient (Wildman–Crippen LogP) is 2.85. The van der Waals surface area contributed by atoms with E-state index in [1.54, 1.807) is 12.1 Å². The van der Waals surface area contributed by atoms with Crippen LogP contribution in [-0.4, -0.2) is 57.3 Å². The number of nitrogens with one attached hydrogen (secondary N) is 2. The number of aromatic nitrogens is 3. The van der Waals surface area contributed by atoms with Gasteiger partial charge < -0.3 is 15.3 Å². The van der Waals surface area contributed by atoms with Crippen molar-refractivity contribution >= 4 is 16.9 Å². The average molecular weight is 397 g/mol. The van der Waals surface area contributed by atoms with Crippen molar-refractivity contribution in [2.45, 2.75) is 26.3 Å². The largest absolute Gasteiger partial charge is 0.505 e. The van der Waals surface area contributed by atoms with Crippen LogP contribution in [0.4, 0.5) is 4.39 Å². The van der Waals surface area contributed by atoms with Gasteiger partial charge in [0.05, 0.1) is 22.3 Å². The van der Waals surface area contributed by atoms with Crippen LogP contribution in [0.15, 0.2) is 24.3 Å². The number of aryl methyl sites for hydroxylation is 1. The number of piperidine rings is 1. The molecule has 8 heteroatoms. The summed E-state index contributed by atoms with van der Waals surface area (Å²) < 4.78 is 13.9. The number of likely N-dealkylation sites (N-methyl/N-ethyl adjacent to an activating group) is 1. The SMILES string of the molecule is CN[C@H]1CN(C(=O)c2cc(-c3ccc(O)c(F)c3)nc3[nH]nc(C)c23)CC[C@H]1C. The average Bonchev–Trinajstić information content (AvgIpc) is 3.10. The molecular formula is C21H24FN5O2. The van der Waals surface area contributed by atoms with Gasteiger partial charge in [-0.25, -0.2) is 9.37 Å². The van der Waals surface area contributed by atoms with Crippen molar-refractivity contribution < 1.29 is 14.3 Å². The summed E-state index contributed by atoms with van der Waals surface area (Å²) in [6.07, 6.45) is 0.922. The first-order valence-corrected chi connectivity index (χ1v) is 9.70. The van der Waals surface area contributed by atoms with Crippen LogP contribution < -0.4 is 5.32 Å². The van der Waals surface area contributed by atoms with Gasteiger partial charge in [0.15, 0.2) is 17.2 Å². The molecule has 152 valence electrons. The Morgan fingerprint density at radius 2 is 2.17 bits per heavy atom. The first kappa shape index (κ1) is 19.3. The van der Waals surface area contributed by atoms with E-state index in [9.17, 15) is 14.3 Å². The first-order valence-electron chi connectivity index (χ1n) is 9.70. The Labute approximate surface area is 167 Å². The van der Waals surface area contributed by atoms with Crippen molar-refractivity contribution in [3.63, 3.8) is 0 Å². The highest BCUT2D eigenvalue weighted by atomic mass is 19.1. The lowest BCUT2D eigenvalue weighted by atomic mass is 9.93. The van der Waals surface area contributed by atoms with Gasteiger partial charge in [-0.1, -0.05) is 6.92 Å². The minimum atomic E-state index is -0.736. The summed E-state index contributed by atoms with van der Waals surface area (Å²) in [6.45, 7) is 5.32. The number of pyridine rings is 1. The van der Waals surface area contributed by atoms with Gasteiger partial charge >= 0.3 is 0 Å². The molecule has 0 saturated carbocycles. The molecule has 1 aromatic carbocycles. The highest BCUT2D eigenvalue weighted by Gasteiger charge is 2.30. The molecule has 7 nitrogen and oxygen atoms in total. The maximum absolute atomic E-state index is 13.9. The molecule has 0 unspecified atom stereocenters. The van der Waals surface area contributed by atoms with E-state index in [2.05, 4.69) is 27.4 Å². The monoisotopic (exact) mass is 397 g/mol. The van der Waals surface area contributed by atoms with Crippen molar-refractivity contribution in [2.24, 2.45) is 5.92 Å². The molecular weight excluding hydrogens is 373 g/mol. The van der Waals surface area contributed by atoms with Crippen molar-refractivity contribution in [1.82, 2.24) is 25.4 Å². The fourth-order valence-electron chi connectivity index (χ4n) is 3.97. The van der Waals surface area contributed by atoms with Crippen LogP contribution in [-0.2, 0) is 0 Å². The number of benzene rings is 1. The summed E-state index contributed by atoms with van der Waals surface area (Å²) in [4.78, 5) is 19.8. The number of halogens is 1. The highest BCUT2D eigenvalue weighted by Crippen LogP contribution is 2.30. The maximum Gasteiger partial charge on any atom is 0.254 e. The van der Waals surface area contributed by atoms with Crippen molar-refractivity contribution in [2.75, 3.05) is 20.1 Å². The van der Waals surface area contributed by atoms with Crippen LogP contribution in [0.2, 0.25) is 0 Å². The third-order valence-corrected chi connectivity index (χ3v) is 5.80. The van der Waals surface area contributed by atoms with Gasteiger partial charge in [-0.2, -0.15) is 5.10 Å². The fourth-order valence-corrected chi connectivity index (χ4v) is 3.97.